The number of aromatic hydroxyl groups is 1. The molecule has 19 heavy (non-hydrogen) atoms. The summed E-state index contributed by atoms with van der Waals surface area (Å²) in [5, 5.41) is 10.0. The molecule has 2 aromatic rings. The molecule has 1 aromatic heterocycles. The van der Waals surface area contributed by atoms with E-state index in [2.05, 4.69) is 4.98 Å². The molecule has 3 rings (SSSR count). The minimum absolute atomic E-state index is 0.0283. The lowest BCUT2D eigenvalue weighted by Gasteiger charge is -2.10. The van der Waals surface area contributed by atoms with Gasteiger partial charge in [0.05, 0.1) is 0 Å². The van der Waals surface area contributed by atoms with Gasteiger partial charge in [0, 0.05) is 17.3 Å². The third-order valence-electron chi connectivity index (χ3n) is 3.11. The van der Waals surface area contributed by atoms with Crippen molar-refractivity contribution >= 4 is 0 Å². The van der Waals surface area contributed by atoms with Gasteiger partial charge in [-0.15, -0.1) is 0 Å². The molecule has 98 valence electrons. The second-order valence-electron chi connectivity index (χ2n) is 4.29. The predicted molar refractivity (Wildman–Crippen MR) is 69.7 cm³/mol. The quantitative estimate of drug-likeness (QED) is 0.865. The molecule has 5 heteroatoms. The molecule has 0 amide bonds. The highest BCUT2D eigenvalue weighted by atomic mass is 16.7. The average Bonchev–Trinajstić information content (AvgIpc) is 2.84. The van der Waals surface area contributed by atoms with E-state index in [0.29, 0.717) is 29.2 Å². The summed E-state index contributed by atoms with van der Waals surface area (Å²) in [5.74, 6) is 1.30. The number of hydrogen-bond acceptors (Lipinski definition) is 4. The van der Waals surface area contributed by atoms with Crippen LogP contribution in [0.5, 0.6) is 17.2 Å². The van der Waals surface area contributed by atoms with Crippen molar-refractivity contribution in [3.05, 3.63) is 40.3 Å². The van der Waals surface area contributed by atoms with Crippen molar-refractivity contribution in [1.82, 2.24) is 4.98 Å². The van der Waals surface area contributed by atoms with Gasteiger partial charge in [-0.3, -0.25) is 4.79 Å². The summed E-state index contributed by atoms with van der Waals surface area (Å²) >= 11 is 0. The predicted octanol–water partition coefficient (Wildman–Crippen LogP) is 2.04. The van der Waals surface area contributed by atoms with E-state index >= 15 is 0 Å². The second-order valence-corrected chi connectivity index (χ2v) is 4.29. The van der Waals surface area contributed by atoms with E-state index in [1.54, 1.807) is 12.1 Å². The van der Waals surface area contributed by atoms with Gasteiger partial charge in [-0.05, 0) is 24.1 Å². The van der Waals surface area contributed by atoms with Gasteiger partial charge in [-0.1, -0.05) is 13.0 Å². The van der Waals surface area contributed by atoms with Crippen molar-refractivity contribution in [3.63, 3.8) is 0 Å². The maximum Gasteiger partial charge on any atom is 0.251 e. The van der Waals surface area contributed by atoms with E-state index in [0.717, 1.165) is 5.56 Å². The lowest BCUT2D eigenvalue weighted by atomic mass is 10.0. The lowest BCUT2D eigenvalue weighted by Crippen LogP contribution is -2.08. The molecule has 2 heterocycles. The smallest absolute Gasteiger partial charge is 0.251 e. The molecule has 0 bridgehead atoms. The van der Waals surface area contributed by atoms with Crippen LogP contribution in [0.4, 0.5) is 0 Å². The van der Waals surface area contributed by atoms with Gasteiger partial charge in [0.1, 0.15) is 5.75 Å². The molecule has 0 aliphatic carbocycles. The topological polar surface area (TPSA) is 71.6 Å². The molecule has 1 aliphatic rings. The number of aryl methyl sites for hydroxylation is 1. The highest BCUT2D eigenvalue weighted by molar-refractivity contribution is 5.74. The Balaban J connectivity index is 2.19. The Hall–Kier alpha value is -2.43. The molecular formula is C14H13NO4. The van der Waals surface area contributed by atoms with E-state index in [4.69, 9.17) is 9.47 Å². The SMILES string of the molecule is CCc1[nH]c(=O)cc(O)c1-c1ccc2c(c1)OCO2. The summed E-state index contributed by atoms with van der Waals surface area (Å²) < 4.78 is 10.6. The van der Waals surface area contributed by atoms with Crippen LogP contribution in [0.1, 0.15) is 12.6 Å². The van der Waals surface area contributed by atoms with Gasteiger partial charge in [0.25, 0.3) is 5.56 Å². The number of aromatic amines is 1. The van der Waals surface area contributed by atoms with Gasteiger partial charge >= 0.3 is 0 Å². The summed E-state index contributed by atoms with van der Waals surface area (Å²) in [6.45, 7) is 2.12. The molecule has 0 saturated heterocycles. The molecule has 0 unspecified atom stereocenters. The van der Waals surface area contributed by atoms with Gasteiger partial charge < -0.3 is 19.6 Å². The van der Waals surface area contributed by atoms with Crippen LogP contribution >= 0.6 is 0 Å². The summed E-state index contributed by atoms with van der Waals surface area (Å²) in [7, 11) is 0. The van der Waals surface area contributed by atoms with Crippen molar-refractivity contribution in [2.75, 3.05) is 6.79 Å². The van der Waals surface area contributed by atoms with E-state index in [1.807, 2.05) is 13.0 Å². The zero-order chi connectivity index (χ0) is 13.4. The Labute approximate surface area is 109 Å². The van der Waals surface area contributed by atoms with Gasteiger partial charge in [0.15, 0.2) is 11.5 Å². The first kappa shape index (κ1) is 11.6. The first-order valence-electron chi connectivity index (χ1n) is 6.04. The number of benzene rings is 1. The minimum atomic E-state index is -0.307. The molecule has 2 N–H and O–H groups in total. The van der Waals surface area contributed by atoms with E-state index in [-0.39, 0.29) is 18.1 Å². The average molecular weight is 259 g/mol. The van der Waals surface area contributed by atoms with Crippen LogP contribution in [-0.2, 0) is 6.42 Å². The number of ether oxygens (including phenoxy) is 2. The number of hydrogen-bond donors (Lipinski definition) is 2. The highest BCUT2D eigenvalue weighted by Crippen LogP contribution is 2.39. The first-order valence-corrected chi connectivity index (χ1v) is 6.04. The summed E-state index contributed by atoms with van der Waals surface area (Å²) in [5.41, 5.74) is 1.80. The molecule has 1 aromatic carbocycles. The zero-order valence-electron chi connectivity index (χ0n) is 10.4. The van der Waals surface area contributed by atoms with Crippen molar-refractivity contribution in [1.29, 1.82) is 0 Å². The Morgan fingerprint density at radius 3 is 2.84 bits per heavy atom. The fourth-order valence-electron chi connectivity index (χ4n) is 2.24. The Kier molecular flexibility index (Phi) is 2.67. The van der Waals surface area contributed by atoms with Gasteiger partial charge in [-0.2, -0.15) is 0 Å². The Morgan fingerprint density at radius 2 is 2.05 bits per heavy atom. The summed E-state index contributed by atoms with van der Waals surface area (Å²) in [6, 6.07) is 6.61. The van der Waals surface area contributed by atoms with E-state index in [1.165, 1.54) is 6.07 Å². The largest absolute Gasteiger partial charge is 0.507 e. The fourth-order valence-corrected chi connectivity index (χ4v) is 2.24. The van der Waals surface area contributed by atoms with Crippen LogP contribution in [0.2, 0.25) is 0 Å². The molecule has 0 atom stereocenters. The fraction of sp³-hybridized carbons (Fsp3) is 0.214. The summed E-state index contributed by atoms with van der Waals surface area (Å²) in [4.78, 5) is 14.1. The normalized spacial score (nSPS) is 12.7. The van der Waals surface area contributed by atoms with Crippen LogP contribution in [0.25, 0.3) is 11.1 Å². The number of aromatic nitrogens is 1. The Morgan fingerprint density at radius 1 is 1.26 bits per heavy atom. The van der Waals surface area contributed by atoms with Crippen molar-refractivity contribution < 1.29 is 14.6 Å². The number of pyridine rings is 1. The second kappa shape index (κ2) is 4.35. The molecule has 0 saturated carbocycles. The molecule has 0 spiro atoms. The van der Waals surface area contributed by atoms with Crippen LogP contribution in [-0.4, -0.2) is 16.9 Å². The lowest BCUT2D eigenvalue weighted by molar-refractivity contribution is 0.174. The van der Waals surface area contributed by atoms with Gasteiger partial charge in [0.2, 0.25) is 6.79 Å². The molecule has 5 nitrogen and oxygen atoms in total. The molecule has 0 radical (unpaired) electrons. The van der Waals surface area contributed by atoms with Crippen molar-refractivity contribution in [2.24, 2.45) is 0 Å². The Bertz CT molecular complexity index is 690. The van der Waals surface area contributed by atoms with Crippen LogP contribution in [0.3, 0.4) is 0 Å². The third kappa shape index (κ3) is 1.93. The van der Waals surface area contributed by atoms with Gasteiger partial charge in [-0.25, -0.2) is 0 Å². The van der Waals surface area contributed by atoms with E-state index < -0.39 is 0 Å². The standard InChI is InChI=1S/C14H13NO4/c1-2-9-14(10(16)6-13(17)15-9)8-3-4-11-12(5-8)19-7-18-11/h3-6H,2,7H2,1H3,(H2,15,16,17). The van der Waals surface area contributed by atoms with Crippen LogP contribution < -0.4 is 15.0 Å². The maximum absolute atomic E-state index is 11.4. The minimum Gasteiger partial charge on any atom is -0.507 e. The maximum atomic E-state index is 11.4. The highest BCUT2D eigenvalue weighted by Gasteiger charge is 2.17. The molecule has 0 fully saturated rings. The van der Waals surface area contributed by atoms with Crippen molar-refractivity contribution in [2.45, 2.75) is 13.3 Å². The monoisotopic (exact) mass is 259 g/mol. The number of H-pyrrole nitrogens is 1. The zero-order valence-corrected chi connectivity index (χ0v) is 10.4. The number of rotatable bonds is 2. The number of nitrogens with one attached hydrogen (secondary N) is 1. The number of fused-ring (bicyclic) bond motifs is 1. The molecule has 1 aliphatic heterocycles. The van der Waals surface area contributed by atoms with E-state index in [9.17, 15) is 9.90 Å². The first-order chi connectivity index (χ1) is 9.19. The third-order valence-corrected chi connectivity index (χ3v) is 3.11. The summed E-state index contributed by atoms with van der Waals surface area (Å²) in [6.07, 6.45) is 0.618. The van der Waals surface area contributed by atoms with Crippen LogP contribution in [0, 0.1) is 0 Å². The van der Waals surface area contributed by atoms with Crippen LogP contribution in [0.15, 0.2) is 29.1 Å². The molecular weight excluding hydrogens is 246 g/mol. The van der Waals surface area contributed by atoms with Crippen molar-refractivity contribution in [3.8, 4) is 28.4 Å².